The highest BCUT2D eigenvalue weighted by molar-refractivity contribution is 5.96. The lowest BCUT2D eigenvalue weighted by Gasteiger charge is -2.44. The number of pyridine rings is 1. The van der Waals surface area contributed by atoms with Crippen LogP contribution in [0.5, 0.6) is 0 Å². The van der Waals surface area contributed by atoms with E-state index >= 15 is 0 Å². The molecule has 2 aromatic heterocycles. The molecular weight excluding hydrogens is 252 g/mol. The molecule has 0 aromatic carbocycles. The van der Waals surface area contributed by atoms with Crippen molar-refractivity contribution in [1.82, 2.24) is 20.2 Å². The van der Waals surface area contributed by atoms with Crippen LogP contribution in [0, 0.1) is 5.92 Å². The Balaban J connectivity index is 1.52. The number of hydrogen-bond acceptors (Lipinski definition) is 3. The van der Waals surface area contributed by atoms with Crippen molar-refractivity contribution in [3.05, 3.63) is 30.2 Å². The van der Waals surface area contributed by atoms with Gasteiger partial charge in [0.2, 0.25) is 0 Å². The van der Waals surface area contributed by atoms with Crippen LogP contribution < -0.4 is 5.32 Å². The predicted octanol–water partition coefficient (Wildman–Crippen LogP) is 1.39. The van der Waals surface area contributed by atoms with Crippen molar-refractivity contribution in [2.75, 3.05) is 19.6 Å². The van der Waals surface area contributed by atoms with Gasteiger partial charge < -0.3 is 15.2 Å². The molecule has 5 nitrogen and oxygen atoms in total. The third kappa shape index (κ3) is 1.98. The summed E-state index contributed by atoms with van der Waals surface area (Å²) in [7, 11) is 0. The zero-order valence-corrected chi connectivity index (χ0v) is 11.3. The molecule has 0 spiro atoms. The Hall–Kier alpha value is -1.88. The number of piperidine rings is 3. The normalized spacial score (nSPS) is 28.7. The van der Waals surface area contributed by atoms with Crippen LogP contribution in [0.1, 0.15) is 23.3 Å². The molecule has 5 heterocycles. The van der Waals surface area contributed by atoms with Gasteiger partial charge in [0.15, 0.2) is 0 Å². The van der Waals surface area contributed by atoms with E-state index in [-0.39, 0.29) is 11.9 Å². The first kappa shape index (κ1) is 11.9. The monoisotopic (exact) mass is 270 g/mol. The van der Waals surface area contributed by atoms with Crippen molar-refractivity contribution in [2.24, 2.45) is 5.92 Å². The summed E-state index contributed by atoms with van der Waals surface area (Å²) in [5.41, 5.74) is 1.47. The molecule has 104 valence electrons. The molecule has 3 aliphatic heterocycles. The molecule has 1 atom stereocenters. The predicted molar refractivity (Wildman–Crippen MR) is 76.5 cm³/mol. The maximum absolute atomic E-state index is 12.4. The van der Waals surface area contributed by atoms with Crippen LogP contribution in [0.15, 0.2) is 24.5 Å². The number of fused-ring (bicyclic) bond motifs is 4. The summed E-state index contributed by atoms with van der Waals surface area (Å²) in [6, 6.07) is 4.10. The SMILES string of the molecule is O=C(N[C@H]1CN2CCC1CC2)c1cc2cc[nH]c2cn1. The number of rotatable bonds is 2. The van der Waals surface area contributed by atoms with Crippen molar-refractivity contribution in [2.45, 2.75) is 18.9 Å². The van der Waals surface area contributed by atoms with Crippen LogP contribution in [0.25, 0.3) is 10.9 Å². The van der Waals surface area contributed by atoms with Crippen molar-refractivity contribution in [1.29, 1.82) is 0 Å². The lowest BCUT2D eigenvalue weighted by Crippen LogP contribution is -2.57. The average molecular weight is 270 g/mol. The van der Waals surface area contributed by atoms with Gasteiger partial charge in [-0.05, 0) is 44.0 Å². The molecule has 2 N–H and O–H groups in total. The Morgan fingerprint density at radius 1 is 1.40 bits per heavy atom. The summed E-state index contributed by atoms with van der Waals surface area (Å²) in [6.45, 7) is 3.36. The van der Waals surface area contributed by atoms with E-state index < -0.39 is 0 Å². The maximum atomic E-state index is 12.4. The molecule has 1 amide bonds. The number of carbonyl (C=O) groups is 1. The quantitative estimate of drug-likeness (QED) is 0.867. The highest BCUT2D eigenvalue weighted by Crippen LogP contribution is 2.27. The van der Waals surface area contributed by atoms with Crippen LogP contribution in [-0.2, 0) is 0 Å². The summed E-state index contributed by atoms with van der Waals surface area (Å²) in [5, 5.41) is 4.20. The van der Waals surface area contributed by atoms with Gasteiger partial charge in [-0.2, -0.15) is 0 Å². The van der Waals surface area contributed by atoms with Crippen molar-refractivity contribution >= 4 is 16.8 Å². The fourth-order valence-electron chi connectivity index (χ4n) is 3.45. The zero-order valence-electron chi connectivity index (χ0n) is 11.3. The molecule has 0 saturated carbocycles. The van der Waals surface area contributed by atoms with Crippen molar-refractivity contribution < 1.29 is 4.79 Å². The Morgan fingerprint density at radius 3 is 3.00 bits per heavy atom. The first-order valence-electron chi connectivity index (χ1n) is 7.26. The lowest BCUT2D eigenvalue weighted by atomic mass is 9.84. The number of amides is 1. The minimum Gasteiger partial charge on any atom is -0.360 e. The van der Waals surface area contributed by atoms with Crippen LogP contribution in [0.4, 0.5) is 0 Å². The first-order valence-corrected chi connectivity index (χ1v) is 7.26. The Bertz CT molecular complexity index is 642. The molecule has 3 saturated heterocycles. The molecule has 2 aromatic rings. The molecule has 3 aliphatic rings. The third-order valence-corrected chi connectivity index (χ3v) is 4.64. The first-order chi connectivity index (χ1) is 9.79. The van der Waals surface area contributed by atoms with E-state index in [4.69, 9.17) is 0 Å². The largest absolute Gasteiger partial charge is 0.360 e. The van der Waals surface area contributed by atoms with Crippen molar-refractivity contribution in [3.8, 4) is 0 Å². The number of hydrogen-bond donors (Lipinski definition) is 2. The van der Waals surface area contributed by atoms with E-state index in [2.05, 4.69) is 20.2 Å². The minimum atomic E-state index is -0.0492. The Labute approximate surface area is 117 Å². The molecule has 0 aliphatic carbocycles. The fourth-order valence-corrected chi connectivity index (χ4v) is 3.45. The Morgan fingerprint density at radius 2 is 2.25 bits per heavy atom. The van der Waals surface area contributed by atoms with E-state index in [0.29, 0.717) is 11.6 Å². The summed E-state index contributed by atoms with van der Waals surface area (Å²) in [6.07, 6.45) is 5.99. The van der Waals surface area contributed by atoms with E-state index in [0.717, 1.165) is 17.4 Å². The molecule has 5 rings (SSSR count). The second-order valence-electron chi connectivity index (χ2n) is 5.85. The van der Waals surface area contributed by atoms with Gasteiger partial charge in [0.05, 0.1) is 11.7 Å². The van der Waals surface area contributed by atoms with Gasteiger partial charge >= 0.3 is 0 Å². The van der Waals surface area contributed by atoms with Crippen LogP contribution in [0.2, 0.25) is 0 Å². The molecule has 2 bridgehead atoms. The summed E-state index contributed by atoms with van der Waals surface area (Å²) in [5.74, 6) is 0.590. The van der Waals surface area contributed by atoms with E-state index in [1.807, 2.05) is 18.3 Å². The number of nitrogens with zero attached hydrogens (tertiary/aromatic N) is 2. The van der Waals surface area contributed by atoms with E-state index in [9.17, 15) is 4.79 Å². The second-order valence-corrected chi connectivity index (χ2v) is 5.85. The van der Waals surface area contributed by atoms with Crippen LogP contribution in [-0.4, -0.2) is 46.5 Å². The van der Waals surface area contributed by atoms with Crippen molar-refractivity contribution in [3.63, 3.8) is 0 Å². The number of carbonyl (C=O) groups excluding carboxylic acids is 1. The van der Waals surface area contributed by atoms with E-state index in [1.54, 1.807) is 6.20 Å². The minimum absolute atomic E-state index is 0.0492. The van der Waals surface area contributed by atoms with Crippen LogP contribution in [0.3, 0.4) is 0 Å². The van der Waals surface area contributed by atoms with Gasteiger partial charge in [-0.1, -0.05) is 0 Å². The molecular formula is C15H18N4O. The van der Waals surface area contributed by atoms with Gasteiger partial charge in [-0.15, -0.1) is 0 Å². The topological polar surface area (TPSA) is 61.0 Å². The standard InChI is InChI=1S/C15H18N4O/c20-15(12-7-11-1-4-16-13(11)8-17-12)18-14-9-19-5-2-10(14)3-6-19/h1,4,7-8,10,14,16H,2-3,5-6,9H2,(H,18,20)/t14-/m0/s1. The lowest BCUT2D eigenvalue weighted by molar-refractivity contribution is 0.0618. The highest BCUT2D eigenvalue weighted by atomic mass is 16.1. The van der Waals surface area contributed by atoms with Gasteiger partial charge in [-0.3, -0.25) is 4.79 Å². The molecule has 20 heavy (non-hydrogen) atoms. The number of H-pyrrole nitrogens is 1. The van der Waals surface area contributed by atoms with Gasteiger partial charge in [0.25, 0.3) is 5.91 Å². The third-order valence-electron chi connectivity index (χ3n) is 4.64. The highest BCUT2D eigenvalue weighted by Gasteiger charge is 2.35. The Kier molecular flexibility index (Phi) is 2.73. The van der Waals surface area contributed by atoms with Gasteiger partial charge in [-0.25, -0.2) is 4.98 Å². The number of aromatic nitrogens is 2. The average Bonchev–Trinajstić information content (AvgIpc) is 2.96. The molecule has 0 unspecified atom stereocenters. The molecule has 5 heteroatoms. The van der Waals surface area contributed by atoms with Crippen LogP contribution >= 0.6 is 0 Å². The number of aromatic amines is 1. The summed E-state index contributed by atoms with van der Waals surface area (Å²) >= 11 is 0. The second kappa shape index (κ2) is 4.59. The molecule has 3 fully saturated rings. The van der Waals surface area contributed by atoms with Gasteiger partial charge in [0.1, 0.15) is 5.69 Å². The smallest absolute Gasteiger partial charge is 0.270 e. The van der Waals surface area contributed by atoms with E-state index in [1.165, 1.54) is 25.9 Å². The zero-order chi connectivity index (χ0) is 13.5. The number of nitrogens with one attached hydrogen (secondary N) is 2. The molecule has 0 radical (unpaired) electrons. The fraction of sp³-hybridized carbons (Fsp3) is 0.467. The van der Waals surface area contributed by atoms with Gasteiger partial charge in [0, 0.05) is 24.2 Å². The maximum Gasteiger partial charge on any atom is 0.270 e. The summed E-state index contributed by atoms with van der Waals surface area (Å²) < 4.78 is 0. The summed E-state index contributed by atoms with van der Waals surface area (Å²) in [4.78, 5) is 22.1.